The number of aromatic nitrogens is 1. The Balaban J connectivity index is 1.47. The standard InChI is InChI=1S/C17H15FN2O4S2/c18-12-5-7-13(8-6-12)26(22,23)19-10-9-17(21)24-11-16-20-14-3-1-2-4-15(14)25-16/h1-8,19H,9-11H2. The van der Waals surface area contributed by atoms with Gasteiger partial charge in [0.25, 0.3) is 0 Å². The Labute approximate surface area is 153 Å². The van der Waals surface area contributed by atoms with Crippen molar-refractivity contribution in [3.05, 3.63) is 59.4 Å². The minimum atomic E-state index is -3.79. The van der Waals surface area contributed by atoms with Crippen LogP contribution in [0.15, 0.2) is 53.4 Å². The van der Waals surface area contributed by atoms with Crippen LogP contribution in [0.4, 0.5) is 4.39 Å². The summed E-state index contributed by atoms with van der Waals surface area (Å²) in [5, 5.41) is 0.673. The third-order valence-electron chi connectivity index (χ3n) is 3.44. The molecule has 3 aromatic rings. The zero-order chi connectivity index (χ0) is 18.6. The lowest BCUT2D eigenvalue weighted by Gasteiger charge is -2.06. The van der Waals surface area contributed by atoms with Gasteiger partial charge in [0, 0.05) is 6.54 Å². The molecule has 0 fully saturated rings. The van der Waals surface area contributed by atoms with Crippen molar-refractivity contribution in [2.75, 3.05) is 6.54 Å². The number of nitrogens with zero attached hydrogens (tertiary/aromatic N) is 1. The van der Waals surface area contributed by atoms with Crippen LogP contribution in [-0.2, 0) is 26.2 Å². The van der Waals surface area contributed by atoms with Crippen LogP contribution in [0.2, 0.25) is 0 Å². The van der Waals surface area contributed by atoms with E-state index in [4.69, 9.17) is 4.74 Å². The first-order chi connectivity index (χ1) is 12.4. The third-order valence-corrected chi connectivity index (χ3v) is 5.93. The molecule has 0 atom stereocenters. The molecule has 3 rings (SSSR count). The third kappa shape index (κ3) is 4.63. The maximum atomic E-state index is 12.8. The van der Waals surface area contributed by atoms with Crippen LogP contribution in [0.25, 0.3) is 10.2 Å². The number of benzene rings is 2. The van der Waals surface area contributed by atoms with E-state index in [1.54, 1.807) is 0 Å². The first kappa shape index (κ1) is 18.4. The van der Waals surface area contributed by atoms with E-state index < -0.39 is 21.8 Å². The number of thiazole rings is 1. The van der Waals surface area contributed by atoms with E-state index in [1.807, 2.05) is 24.3 Å². The summed E-state index contributed by atoms with van der Waals surface area (Å²) in [4.78, 5) is 16.1. The van der Waals surface area contributed by atoms with Gasteiger partial charge in [-0.2, -0.15) is 0 Å². The summed E-state index contributed by atoms with van der Waals surface area (Å²) in [7, 11) is -3.79. The molecule has 1 aromatic heterocycles. The fourth-order valence-electron chi connectivity index (χ4n) is 2.18. The topological polar surface area (TPSA) is 85.4 Å². The van der Waals surface area contributed by atoms with E-state index in [0.29, 0.717) is 5.01 Å². The predicted molar refractivity (Wildman–Crippen MR) is 95.6 cm³/mol. The van der Waals surface area contributed by atoms with Gasteiger partial charge in [0.2, 0.25) is 10.0 Å². The number of rotatable bonds is 7. The fourth-order valence-corrected chi connectivity index (χ4v) is 4.09. The molecule has 26 heavy (non-hydrogen) atoms. The van der Waals surface area contributed by atoms with Gasteiger partial charge in [-0.1, -0.05) is 12.1 Å². The Kier molecular flexibility index (Phi) is 5.60. The summed E-state index contributed by atoms with van der Waals surface area (Å²) < 4.78 is 45.3. The number of esters is 1. The molecule has 0 amide bonds. The number of sulfonamides is 1. The largest absolute Gasteiger partial charge is 0.458 e. The highest BCUT2D eigenvalue weighted by molar-refractivity contribution is 7.89. The van der Waals surface area contributed by atoms with Gasteiger partial charge in [-0.05, 0) is 36.4 Å². The average Bonchev–Trinajstić information content (AvgIpc) is 3.03. The number of para-hydroxylation sites is 1. The molecule has 2 aromatic carbocycles. The highest BCUT2D eigenvalue weighted by atomic mass is 32.2. The monoisotopic (exact) mass is 394 g/mol. The van der Waals surface area contributed by atoms with Crippen molar-refractivity contribution >= 4 is 37.5 Å². The highest BCUT2D eigenvalue weighted by Crippen LogP contribution is 2.22. The van der Waals surface area contributed by atoms with E-state index in [-0.39, 0.29) is 24.5 Å². The van der Waals surface area contributed by atoms with Gasteiger partial charge in [0.05, 0.1) is 21.5 Å². The molecule has 0 aliphatic rings. The molecular formula is C17H15FN2O4S2. The molecule has 136 valence electrons. The van der Waals surface area contributed by atoms with E-state index in [0.717, 1.165) is 34.5 Å². The van der Waals surface area contributed by atoms with Crippen molar-refractivity contribution < 1.29 is 22.3 Å². The summed E-state index contributed by atoms with van der Waals surface area (Å²) in [6.07, 6.45) is -0.120. The number of hydrogen-bond donors (Lipinski definition) is 1. The van der Waals surface area contributed by atoms with Crippen molar-refractivity contribution in [3.63, 3.8) is 0 Å². The Morgan fingerprint density at radius 3 is 2.62 bits per heavy atom. The lowest BCUT2D eigenvalue weighted by molar-refractivity contribution is -0.144. The van der Waals surface area contributed by atoms with Gasteiger partial charge < -0.3 is 4.74 Å². The highest BCUT2D eigenvalue weighted by Gasteiger charge is 2.15. The van der Waals surface area contributed by atoms with Gasteiger partial charge in [0.1, 0.15) is 17.4 Å². The maximum absolute atomic E-state index is 12.8. The van der Waals surface area contributed by atoms with Crippen LogP contribution < -0.4 is 4.72 Å². The maximum Gasteiger partial charge on any atom is 0.307 e. The number of ether oxygens (including phenoxy) is 1. The minimum Gasteiger partial charge on any atom is -0.458 e. The molecule has 1 heterocycles. The summed E-state index contributed by atoms with van der Waals surface area (Å²) in [5.41, 5.74) is 0.843. The summed E-state index contributed by atoms with van der Waals surface area (Å²) in [6, 6.07) is 12.0. The van der Waals surface area contributed by atoms with Crippen LogP contribution in [0.3, 0.4) is 0 Å². The number of halogens is 1. The zero-order valence-corrected chi connectivity index (χ0v) is 15.1. The Morgan fingerprint density at radius 2 is 1.88 bits per heavy atom. The molecule has 0 spiro atoms. The van der Waals surface area contributed by atoms with E-state index >= 15 is 0 Å². The SMILES string of the molecule is O=C(CCNS(=O)(=O)c1ccc(F)cc1)OCc1nc2ccccc2s1. The first-order valence-electron chi connectivity index (χ1n) is 7.69. The molecular weight excluding hydrogens is 379 g/mol. The minimum absolute atomic E-state index is 0.0445. The Morgan fingerprint density at radius 1 is 1.15 bits per heavy atom. The van der Waals surface area contributed by atoms with E-state index in [2.05, 4.69) is 9.71 Å². The summed E-state index contributed by atoms with van der Waals surface area (Å²) in [6.45, 7) is -0.0682. The van der Waals surface area contributed by atoms with E-state index in [1.165, 1.54) is 11.3 Å². The molecule has 1 N–H and O–H groups in total. The average molecular weight is 394 g/mol. The van der Waals surface area contributed by atoms with Crippen molar-refractivity contribution in [3.8, 4) is 0 Å². The van der Waals surface area contributed by atoms with Gasteiger partial charge >= 0.3 is 5.97 Å². The lowest BCUT2D eigenvalue weighted by Crippen LogP contribution is -2.26. The second-order valence-electron chi connectivity index (χ2n) is 5.34. The quantitative estimate of drug-likeness (QED) is 0.623. The van der Waals surface area contributed by atoms with Gasteiger partial charge in [0.15, 0.2) is 0 Å². The second-order valence-corrected chi connectivity index (χ2v) is 8.22. The van der Waals surface area contributed by atoms with Crippen LogP contribution in [0, 0.1) is 5.82 Å². The number of hydrogen-bond acceptors (Lipinski definition) is 6. The Hall–Kier alpha value is -2.36. The smallest absolute Gasteiger partial charge is 0.307 e. The van der Waals surface area contributed by atoms with Crippen molar-refractivity contribution in [1.82, 2.24) is 9.71 Å². The number of carbonyl (C=O) groups is 1. The molecule has 0 aliphatic heterocycles. The molecule has 6 nitrogen and oxygen atoms in total. The second kappa shape index (κ2) is 7.90. The van der Waals surface area contributed by atoms with Crippen molar-refractivity contribution in [2.45, 2.75) is 17.9 Å². The van der Waals surface area contributed by atoms with Crippen LogP contribution in [0.1, 0.15) is 11.4 Å². The lowest BCUT2D eigenvalue weighted by atomic mass is 10.3. The van der Waals surface area contributed by atoms with Gasteiger partial charge in [-0.3, -0.25) is 4.79 Å². The normalized spacial score (nSPS) is 11.6. The summed E-state index contributed by atoms with van der Waals surface area (Å²) in [5.74, 6) is -1.06. The van der Waals surface area contributed by atoms with Gasteiger partial charge in [-0.25, -0.2) is 22.5 Å². The van der Waals surface area contributed by atoms with Crippen molar-refractivity contribution in [1.29, 1.82) is 0 Å². The van der Waals surface area contributed by atoms with Crippen molar-refractivity contribution in [2.24, 2.45) is 0 Å². The Bertz CT molecular complexity index is 984. The molecule has 0 aliphatic carbocycles. The molecule has 0 saturated carbocycles. The van der Waals surface area contributed by atoms with Crippen LogP contribution >= 0.6 is 11.3 Å². The zero-order valence-electron chi connectivity index (χ0n) is 13.5. The molecule has 0 saturated heterocycles. The summed E-state index contributed by atoms with van der Waals surface area (Å²) >= 11 is 1.44. The molecule has 0 bridgehead atoms. The first-order valence-corrected chi connectivity index (χ1v) is 9.99. The number of nitrogens with one attached hydrogen (secondary N) is 1. The molecule has 0 unspecified atom stereocenters. The van der Waals surface area contributed by atoms with E-state index in [9.17, 15) is 17.6 Å². The number of carbonyl (C=O) groups excluding carboxylic acids is 1. The van der Waals surface area contributed by atoms with Crippen LogP contribution in [-0.4, -0.2) is 25.9 Å². The fraction of sp³-hybridized carbons (Fsp3) is 0.176. The predicted octanol–water partition coefficient (Wildman–Crippen LogP) is 2.85. The number of fused-ring (bicyclic) bond motifs is 1. The molecule has 9 heteroatoms. The van der Waals surface area contributed by atoms with Crippen LogP contribution in [0.5, 0.6) is 0 Å². The van der Waals surface area contributed by atoms with Gasteiger partial charge in [-0.15, -0.1) is 11.3 Å². The molecule has 0 radical (unpaired) electrons.